The molecule has 0 atom stereocenters. The fraction of sp³-hybridized carbons (Fsp3) is 0.615. The lowest BCUT2D eigenvalue weighted by Gasteiger charge is -2.23. The van der Waals surface area contributed by atoms with Crippen LogP contribution < -0.4 is 11.1 Å². The Balaban J connectivity index is 1.90. The van der Waals surface area contributed by atoms with Gasteiger partial charge in [-0.3, -0.25) is 4.79 Å². The molecule has 1 aromatic rings. The Labute approximate surface area is 127 Å². The fourth-order valence-corrected chi connectivity index (χ4v) is 2.20. The number of hydrogen-bond acceptors (Lipinski definition) is 7. The molecule has 2 heterocycles. The maximum absolute atomic E-state index is 12.0. The highest BCUT2D eigenvalue weighted by Crippen LogP contribution is 2.24. The van der Waals surface area contributed by atoms with Gasteiger partial charge < -0.3 is 25.3 Å². The molecule has 3 N–H and O–H groups in total. The first-order valence-electron chi connectivity index (χ1n) is 6.97. The molecule has 0 aliphatic carbocycles. The Kier molecular flexibility index (Phi) is 5.73. The molecule has 1 amide bonds. The number of aromatic nitrogens is 2. The quantitative estimate of drug-likeness (QED) is 0.546. The molecule has 0 bridgehead atoms. The van der Waals surface area contributed by atoms with Gasteiger partial charge in [0.05, 0.1) is 12.2 Å². The molecule has 22 heavy (non-hydrogen) atoms. The minimum Gasteiger partial charge on any atom is -0.443 e. The second kappa shape index (κ2) is 7.76. The molecule has 0 unspecified atom stereocenters. The number of rotatable bonds is 6. The third-order valence-corrected chi connectivity index (χ3v) is 3.34. The fourth-order valence-electron chi connectivity index (χ4n) is 2.20. The Hall–Kier alpha value is -2.13. The summed E-state index contributed by atoms with van der Waals surface area (Å²) in [6.45, 7) is 0.893. The molecule has 9 heteroatoms. The van der Waals surface area contributed by atoms with Gasteiger partial charge in [0.1, 0.15) is 18.0 Å². The smallest absolute Gasteiger partial charge is 0.333 e. The molecule has 122 valence electrons. The Bertz CT molecular complexity index is 525. The Morgan fingerprint density at radius 1 is 1.50 bits per heavy atom. The van der Waals surface area contributed by atoms with Gasteiger partial charge in [0.25, 0.3) is 5.91 Å². The minimum atomic E-state index is -0.561. The van der Waals surface area contributed by atoms with Crippen molar-refractivity contribution < 1.29 is 23.8 Å². The van der Waals surface area contributed by atoms with E-state index in [2.05, 4.69) is 15.2 Å². The maximum atomic E-state index is 12.0. The van der Waals surface area contributed by atoms with Crippen LogP contribution in [0.1, 0.15) is 29.2 Å². The third kappa shape index (κ3) is 3.95. The van der Waals surface area contributed by atoms with E-state index in [9.17, 15) is 9.59 Å². The molecule has 0 saturated carbocycles. The van der Waals surface area contributed by atoms with Crippen molar-refractivity contribution in [2.75, 3.05) is 39.4 Å². The van der Waals surface area contributed by atoms with Crippen molar-refractivity contribution in [3.05, 3.63) is 11.8 Å². The lowest BCUT2D eigenvalue weighted by molar-refractivity contribution is -0.148. The van der Waals surface area contributed by atoms with Crippen LogP contribution in [0.3, 0.4) is 0 Å². The number of carbonyl (C=O) groups excluding carboxylic acids is 2. The molecule has 0 radical (unpaired) electrons. The zero-order valence-electron chi connectivity index (χ0n) is 12.4. The summed E-state index contributed by atoms with van der Waals surface area (Å²) >= 11 is 0. The molecule has 1 fully saturated rings. The predicted octanol–water partition coefficient (Wildman–Crippen LogP) is -0.306. The van der Waals surface area contributed by atoms with Crippen molar-refractivity contribution in [1.29, 1.82) is 0 Å². The zero-order valence-corrected chi connectivity index (χ0v) is 12.4. The monoisotopic (exact) mass is 312 g/mol. The van der Waals surface area contributed by atoms with E-state index in [1.165, 1.54) is 13.3 Å². The van der Waals surface area contributed by atoms with Crippen LogP contribution in [-0.2, 0) is 19.0 Å². The van der Waals surface area contributed by atoms with E-state index in [1.807, 2.05) is 0 Å². The van der Waals surface area contributed by atoms with Gasteiger partial charge in [-0.25, -0.2) is 9.48 Å². The van der Waals surface area contributed by atoms with E-state index in [0.717, 1.165) is 12.8 Å². The summed E-state index contributed by atoms with van der Waals surface area (Å²) in [6.07, 6.45) is 3.03. The SMILES string of the molecule is COCC(=O)OCNC(=O)c1cnn(C2CCOCC2)c1N. The van der Waals surface area contributed by atoms with Crippen LogP contribution in [0, 0.1) is 0 Å². The van der Waals surface area contributed by atoms with Crippen molar-refractivity contribution in [3.8, 4) is 0 Å². The van der Waals surface area contributed by atoms with Crippen LogP contribution in [0.15, 0.2) is 6.20 Å². The van der Waals surface area contributed by atoms with Gasteiger partial charge in [-0.1, -0.05) is 0 Å². The summed E-state index contributed by atoms with van der Waals surface area (Å²) in [5.74, 6) is -0.706. The maximum Gasteiger partial charge on any atom is 0.333 e. The summed E-state index contributed by atoms with van der Waals surface area (Å²) in [7, 11) is 1.38. The number of nitrogens with two attached hydrogens (primary N) is 1. The van der Waals surface area contributed by atoms with Crippen LogP contribution in [0.4, 0.5) is 5.82 Å². The van der Waals surface area contributed by atoms with Crippen LogP contribution in [0.5, 0.6) is 0 Å². The van der Waals surface area contributed by atoms with Crippen molar-refractivity contribution in [1.82, 2.24) is 15.1 Å². The van der Waals surface area contributed by atoms with E-state index in [4.69, 9.17) is 15.2 Å². The summed E-state index contributed by atoms with van der Waals surface area (Å²) < 4.78 is 16.3. The van der Waals surface area contributed by atoms with Gasteiger partial charge in [-0.2, -0.15) is 5.10 Å². The highest BCUT2D eigenvalue weighted by molar-refractivity contribution is 5.98. The molecule has 2 rings (SSSR count). The second-order valence-electron chi connectivity index (χ2n) is 4.83. The Morgan fingerprint density at radius 2 is 2.23 bits per heavy atom. The van der Waals surface area contributed by atoms with Crippen LogP contribution >= 0.6 is 0 Å². The number of esters is 1. The predicted molar refractivity (Wildman–Crippen MR) is 76.0 cm³/mol. The number of amides is 1. The minimum absolute atomic E-state index is 0.134. The largest absolute Gasteiger partial charge is 0.443 e. The van der Waals surface area contributed by atoms with Gasteiger partial charge in [-0.15, -0.1) is 0 Å². The summed E-state index contributed by atoms with van der Waals surface area (Å²) in [4.78, 5) is 23.1. The first-order valence-corrected chi connectivity index (χ1v) is 6.97. The highest BCUT2D eigenvalue weighted by atomic mass is 16.6. The molecular weight excluding hydrogens is 292 g/mol. The molecule has 1 saturated heterocycles. The van der Waals surface area contributed by atoms with Gasteiger partial charge >= 0.3 is 5.97 Å². The van der Waals surface area contributed by atoms with E-state index in [-0.39, 0.29) is 24.9 Å². The normalized spacial score (nSPS) is 15.5. The zero-order chi connectivity index (χ0) is 15.9. The van der Waals surface area contributed by atoms with Gasteiger partial charge in [0.15, 0.2) is 6.73 Å². The average molecular weight is 312 g/mol. The Morgan fingerprint density at radius 3 is 2.91 bits per heavy atom. The second-order valence-corrected chi connectivity index (χ2v) is 4.83. The number of methoxy groups -OCH3 is 1. The number of hydrogen-bond donors (Lipinski definition) is 2. The van der Waals surface area contributed by atoms with E-state index in [1.54, 1.807) is 4.68 Å². The molecule has 9 nitrogen and oxygen atoms in total. The summed E-state index contributed by atoms with van der Waals surface area (Å²) in [5, 5.41) is 6.63. The third-order valence-electron chi connectivity index (χ3n) is 3.34. The molecule has 1 aromatic heterocycles. The number of nitrogens with zero attached hydrogens (tertiary/aromatic N) is 2. The van der Waals surface area contributed by atoms with Crippen molar-refractivity contribution >= 4 is 17.7 Å². The molecule has 1 aliphatic rings. The van der Waals surface area contributed by atoms with Crippen molar-refractivity contribution in [2.24, 2.45) is 0 Å². The lowest BCUT2D eigenvalue weighted by atomic mass is 10.1. The number of ether oxygens (including phenoxy) is 3. The topological polar surface area (TPSA) is 118 Å². The standard InChI is InChI=1S/C13H20N4O5/c1-20-7-11(18)22-8-15-13(19)10-6-16-17(12(10)14)9-2-4-21-5-3-9/h6,9H,2-5,7-8,14H2,1H3,(H,15,19). The van der Waals surface area contributed by atoms with Crippen LogP contribution in [-0.4, -0.2) is 55.3 Å². The van der Waals surface area contributed by atoms with Crippen molar-refractivity contribution in [3.63, 3.8) is 0 Å². The first kappa shape index (κ1) is 16.2. The van der Waals surface area contributed by atoms with E-state index in [0.29, 0.717) is 19.0 Å². The van der Waals surface area contributed by atoms with Crippen molar-refractivity contribution in [2.45, 2.75) is 18.9 Å². The number of nitrogen functional groups attached to an aromatic ring is 1. The highest BCUT2D eigenvalue weighted by Gasteiger charge is 2.22. The van der Waals surface area contributed by atoms with Gasteiger partial charge in [-0.05, 0) is 12.8 Å². The average Bonchev–Trinajstić information content (AvgIpc) is 2.90. The lowest BCUT2D eigenvalue weighted by Crippen LogP contribution is -2.29. The van der Waals surface area contributed by atoms with Gasteiger partial charge in [0.2, 0.25) is 0 Å². The number of carbonyl (C=O) groups is 2. The van der Waals surface area contributed by atoms with E-state index < -0.39 is 11.9 Å². The molecular formula is C13H20N4O5. The molecule has 0 aromatic carbocycles. The number of anilines is 1. The van der Waals surface area contributed by atoms with Crippen LogP contribution in [0.25, 0.3) is 0 Å². The molecule has 1 aliphatic heterocycles. The number of nitrogens with one attached hydrogen (secondary N) is 1. The van der Waals surface area contributed by atoms with Gasteiger partial charge in [0, 0.05) is 20.3 Å². The summed E-state index contributed by atoms with van der Waals surface area (Å²) in [5.41, 5.74) is 6.24. The molecule has 0 spiro atoms. The summed E-state index contributed by atoms with van der Waals surface area (Å²) in [6, 6.07) is 0.134. The van der Waals surface area contributed by atoms with E-state index >= 15 is 0 Å². The first-order chi connectivity index (χ1) is 10.6. The van der Waals surface area contributed by atoms with Crippen LogP contribution in [0.2, 0.25) is 0 Å².